The lowest BCUT2D eigenvalue weighted by Crippen LogP contribution is -2.42. The molecule has 1 fully saturated rings. The lowest BCUT2D eigenvalue weighted by atomic mass is 9.88. The van der Waals surface area contributed by atoms with E-state index >= 15 is 0 Å². The van der Waals surface area contributed by atoms with Gasteiger partial charge in [0.2, 0.25) is 0 Å². The van der Waals surface area contributed by atoms with Crippen molar-refractivity contribution in [3.05, 3.63) is 29.3 Å². The summed E-state index contributed by atoms with van der Waals surface area (Å²) in [6, 6.07) is 2.01. The van der Waals surface area contributed by atoms with Crippen LogP contribution < -0.4 is 5.73 Å². The molecule has 0 bridgehead atoms. The van der Waals surface area contributed by atoms with Gasteiger partial charge in [-0.1, -0.05) is 13.8 Å². The molecule has 1 saturated heterocycles. The van der Waals surface area contributed by atoms with E-state index in [0.717, 1.165) is 18.6 Å². The molecule has 2 atom stereocenters. The minimum absolute atomic E-state index is 0.0194. The number of amides is 1. The Kier molecular flexibility index (Phi) is 3.73. The number of likely N-dealkylation sites (tertiary alicyclic amines) is 1. The van der Waals surface area contributed by atoms with Gasteiger partial charge in [-0.15, -0.1) is 0 Å². The van der Waals surface area contributed by atoms with Gasteiger partial charge in [0.15, 0.2) is 0 Å². The lowest BCUT2D eigenvalue weighted by molar-refractivity contribution is 0.0626. The van der Waals surface area contributed by atoms with Crippen LogP contribution in [-0.2, 0) is 0 Å². The van der Waals surface area contributed by atoms with Crippen LogP contribution in [0.3, 0.4) is 0 Å². The Morgan fingerprint density at radius 1 is 1.26 bits per heavy atom. The fourth-order valence-electron chi connectivity index (χ4n) is 2.34. The van der Waals surface area contributed by atoms with Gasteiger partial charge in [-0.2, -0.15) is 0 Å². The maximum Gasteiger partial charge on any atom is 0.254 e. The number of benzene rings is 1. The topological polar surface area (TPSA) is 46.3 Å². The normalized spacial score (nSPS) is 23.5. The Morgan fingerprint density at radius 2 is 1.84 bits per heavy atom. The first-order chi connectivity index (χ1) is 8.90. The number of nitrogen functional groups attached to an aromatic ring is 1. The molecule has 1 aromatic rings. The zero-order chi connectivity index (χ0) is 14.2. The minimum Gasteiger partial charge on any atom is -0.394 e. The summed E-state index contributed by atoms with van der Waals surface area (Å²) >= 11 is 0. The molecule has 1 aliphatic heterocycles. The summed E-state index contributed by atoms with van der Waals surface area (Å²) < 4.78 is 26.7. The van der Waals surface area contributed by atoms with Crippen LogP contribution in [0, 0.1) is 23.5 Å². The first-order valence-corrected chi connectivity index (χ1v) is 6.44. The van der Waals surface area contributed by atoms with Gasteiger partial charge in [0.05, 0.1) is 0 Å². The third-order valence-electron chi connectivity index (χ3n) is 3.95. The number of piperidine rings is 1. The third-order valence-corrected chi connectivity index (χ3v) is 3.95. The smallest absolute Gasteiger partial charge is 0.254 e. The first-order valence-electron chi connectivity index (χ1n) is 6.44. The molecular formula is C14H18F2N2O. The summed E-state index contributed by atoms with van der Waals surface area (Å²) in [6.07, 6.45) is 0.910. The molecular weight excluding hydrogens is 250 g/mol. The first kappa shape index (κ1) is 13.8. The van der Waals surface area contributed by atoms with Gasteiger partial charge in [-0.25, -0.2) is 8.78 Å². The highest BCUT2D eigenvalue weighted by Crippen LogP contribution is 2.25. The van der Waals surface area contributed by atoms with E-state index in [4.69, 9.17) is 5.73 Å². The molecule has 0 aliphatic carbocycles. The summed E-state index contributed by atoms with van der Waals surface area (Å²) in [5.74, 6) is -1.16. The second kappa shape index (κ2) is 5.15. The van der Waals surface area contributed by atoms with E-state index in [-0.39, 0.29) is 11.5 Å². The average Bonchev–Trinajstić information content (AvgIpc) is 2.37. The number of nitrogens with zero attached hydrogens (tertiary/aromatic N) is 1. The zero-order valence-electron chi connectivity index (χ0n) is 11.1. The van der Waals surface area contributed by atoms with Crippen molar-refractivity contribution in [1.82, 2.24) is 4.90 Å². The van der Waals surface area contributed by atoms with Crippen molar-refractivity contribution in [2.24, 2.45) is 11.8 Å². The fourth-order valence-corrected chi connectivity index (χ4v) is 2.34. The van der Waals surface area contributed by atoms with Crippen LogP contribution in [0.1, 0.15) is 30.6 Å². The van der Waals surface area contributed by atoms with E-state index < -0.39 is 17.3 Å². The van der Waals surface area contributed by atoms with Crippen LogP contribution >= 0.6 is 0 Å². The Labute approximate surface area is 111 Å². The number of anilines is 1. The van der Waals surface area contributed by atoms with E-state index in [0.29, 0.717) is 24.9 Å². The summed E-state index contributed by atoms with van der Waals surface area (Å²) in [5, 5.41) is 0. The van der Waals surface area contributed by atoms with Gasteiger partial charge in [-0.3, -0.25) is 4.79 Å². The second-order valence-corrected chi connectivity index (χ2v) is 5.35. The molecule has 2 N–H and O–H groups in total. The van der Waals surface area contributed by atoms with Crippen molar-refractivity contribution >= 4 is 11.6 Å². The van der Waals surface area contributed by atoms with E-state index in [1.807, 2.05) is 0 Å². The SMILES string of the molecule is CC1CCN(C(=O)c2cc(F)c(N)c(F)c2)CC1C. The number of nitrogens with two attached hydrogens (primary N) is 1. The predicted molar refractivity (Wildman–Crippen MR) is 69.6 cm³/mol. The average molecular weight is 268 g/mol. The van der Waals surface area contributed by atoms with E-state index in [9.17, 15) is 13.6 Å². The van der Waals surface area contributed by atoms with E-state index in [1.54, 1.807) is 4.90 Å². The molecule has 0 radical (unpaired) electrons. The van der Waals surface area contributed by atoms with Gasteiger partial charge in [0, 0.05) is 18.7 Å². The molecule has 1 heterocycles. The number of hydrogen-bond donors (Lipinski definition) is 1. The van der Waals surface area contributed by atoms with Gasteiger partial charge in [0.1, 0.15) is 17.3 Å². The highest BCUT2D eigenvalue weighted by Gasteiger charge is 2.27. The Balaban J connectivity index is 2.20. The van der Waals surface area contributed by atoms with Crippen LogP contribution in [-0.4, -0.2) is 23.9 Å². The summed E-state index contributed by atoms with van der Waals surface area (Å²) in [5.41, 5.74) is 4.67. The van der Waals surface area contributed by atoms with Crippen molar-refractivity contribution in [1.29, 1.82) is 0 Å². The van der Waals surface area contributed by atoms with Crippen molar-refractivity contribution < 1.29 is 13.6 Å². The van der Waals surface area contributed by atoms with Crippen LogP contribution in [0.4, 0.5) is 14.5 Å². The van der Waals surface area contributed by atoms with Gasteiger partial charge in [-0.05, 0) is 30.4 Å². The largest absolute Gasteiger partial charge is 0.394 e. The second-order valence-electron chi connectivity index (χ2n) is 5.35. The number of carbonyl (C=O) groups is 1. The van der Waals surface area contributed by atoms with Crippen LogP contribution in [0.5, 0.6) is 0 Å². The maximum atomic E-state index is 13.4. The quantitative estimate of drug-likeness (QED) is 0.796. The highest BCUT2D eigenvalue weighted by atomic mass is 19.1. The van der Waals surface area contributed by atoms with Gasteiger partial charge in [0.25, 0.3) is 5.91 Å². The fraction of sp³-hybridized carbons (Fsp3) is 0.500. The zero-order valence-corrected chi connectivity index (χ0v) is 11.1. The monoisotopic (exact) mass is 268 g/mol. The van der Waals surface area contributed by atoms with Crippen LogP contribution in [0.25, 0.3) is 0 Å². The van der Waals surface area contributed by atoms with Crippen molar-refractivity contribution in [3.8, 4) is 0 Å². The van der Waals surface area contributed by atoms with E-state index in [2.05, 4.69) is 13.8 Å². The van der Waals surface area contributed by atoms with Crippen molar-refractivity contribution in [3.63, 3.8) is 0 Å². The summed E-state index contributed by atoms with van der Waals surface area (Å²) in [7, 11) is 0. The Bertz CT molecular complexity index is 481. The molecule has 1 aliphatic rings. The number of rotatable bonds is 1. The van der Waals surface area contributed by atoms with Gasteiger partial charge >= 0.3 is 0 Å². The highest BCUT2D eigenvalue weighted by molar-refractivity contribution is 5.94. The Hall–Kier alpha value is -1.65. The molecule has 3 nitrogen and oxygen atoms in total. The molecule has 0 spiro atoms. The molecule has 1 aromatic carbocycles. The number of carbonyl (C=O) groups excluding carboxylic acids is 1. The predicted octanol–water partition coefficient (Wildman–Crippen LogP) is 2.67. The minimum atomic E-state index is -0.887. The number of halogens is 2. The molecule has 5 heteroatoms. The molecule has 0 saturated carbocycles. The summed E-state index contributed by atoms with van der Waals surface area (Å²) in [6.45, 7) is 5.47. The number of hydrogen-bond acceptors (Lipinski definition) is 2. The Morgan fingerprint density at radius 3 is 2.37 bits per heavy atom. The van der Waals surface area contributed by atoms with Crippen LogP contribution in [0.15, 0.2) is 12.1 Å². The molecule has 2 rings (SSSR count). The molecule has 0 aromatic heterocycles. The van der Waals surface area contributed by atoms with Crippen molar-refractivity contribution in [2.75, 3.05) is 18.8 Å². The van der Waals surface area contributed by atoms with Crippen molar-refractivity contribution in [2.45, 2.75) is 20.3 Å². The lowest BCUT2D eigenvalue weighted by Gasteiger charge is -2.35. The standard InChI is InChI=1S/C14H18F2N2O/c1-8-3-4-18(7-9(8)2)14(19)10-5-11(15)13(17)12(16)6-10/h5-6,8-9H,3-4,7,17H2,1-2H3. The maximum absolute atomic E-state index is 13.4. The van der Waals surface area contributed by atoms with Crippen LogP contribution in [0.2, 0.25) is 0 Å². The summed E-state index contributed by atoms with van der Waals surface area (Å²) in [4.78, 5) is 13.9. The molecule has 19 heavy (non-hydrogen) atoms. The third kappa shape index (κ3) is 2.69. The molecule has 2 unspecified atom stereocenters. The molecule has 104 valence electrons. The van der Waals surface area contributed by atoms with E-state index in [1.165, 1.54) is 0 Å². The van der Waals surface area contributed by atoms with Gasteiger partial charge < -0.3 is 10.6 Å². The molecule has 1 amide bonds.